The van der Waals surface area contributed by atoms with Crippen LogP contribution >= 0.6 is 11.6 Å². The molecule has 4 heteroatoms. The van der Waals surface area contributed by atoms with Crippen LogP contribution in [-0.4, -0.2) is 23.4 Å². The number of carbonyl (C=O) groups is 1. The van der Waals surface area contributed by atoms with Gasteiger partial charge in [-0.25, -0.2) is 0 Å². The van der Waals surface area contributed by atoms with E-state index >= 15 is 0 Å². The lowest BCUT2D eigenvalue weighted by Gasteiger charge is -2.31. The first kappa shape index (κ1) is 16.3. The van der Waals surface area contributed by atoms with Crippen LogP contribution in [0.2, 0.25) is 5.02 Å². The molecule has 21 heavy (non-hydrogen) atoms. The molecule has 1 aliphatic rings. The Balaban J connectivity index is 2.13. The molecule has 2 unspecified atom stereocenters. The number of nitrogens with zero attached hydrogens (tertiary/aromatic N) is 1. The van der Waals surface area contributed by atoms with E-state index in [1.807, 2.05) is 29.2 Å². The molecule has 0 radical (unpaired) electrons. The Kier molecular flexibility index (Phi) is 5.65. The first-order valence-corrected chi connectivity index (χ1v) is 8.15. The van der Waals surface area contributed by atoms with E-state index in [1.165, 1.54) is 0 Å². The number of amides is 1. The molecule has 3 nitrogen and oxygen atoms in total. The van der Waals surface area contributed by atoms with Crippen molar-refractivity contribution in [3.05, 3.63) is 34.9 Å². The third kappa shape index (κ3) is 3.98. The molecule has 0 aromatic heterocycles. The molecular weight excluding hydrogens is 284 g/mol. The molecule has 2 rings (SSSR count). The Bertz CT molecular complexity index is 489. The molecule has 1 fully saturated rings. The number of hydrogen-bond acceptors (Lipinski definition) is 2. The van der Waals surface area contributed by atoms with E-state index in [2.05, 4.69) is 13.8 Å². The number of halogens is 1. The second-order valence-electron chi connectivity index (χ2n) is 6.22. The lowest BCUT2D eigenvalue weighted by atomic mass is 9.94. The van der Waals surface area contributed by atoms with Crippen LogP contribution < -0.4 is 5.73 Å². The lowest BCUT2D eigenvalue weighted by molar-refractivity contribution is -0.139. The van der Waals surface area contributed by atoms with Crippen molar-refractivity contribution < 1.29 is 4.79 Å². The van der Waals surface area contributed by atoms with Crippen LogP contribution in [0.25, 0.3) is 0 Å². The summed E-state index contributed by atoms with van der Waals surface area (Å²) >= 11 is 6.04. The van der Waals surface area contributed by atoms with Crippen LogP contribution in [0.3, 0.4) is 0 Å². The molecule has 2 N–H and O–H groups in total. The number of hydrogen-bond donors (Lipinski definition) is 1. The first-order chi connectivity index (χ1) is 10.0. The van der Waals surface area contributed by atoms with E-state index in [0.29, 0.717) is 24.0 Å². The van der Waals surface area contributed by atoms with Crippen molar-refractivity contribution >= 4 is 17.5 Å². The molecular formula is C17H25ClN2O. The molecule has 0 bridgehead atoms. The summed E-state index contributed by atoms with van der Waals surface area (Å²) in [5, 5.41) is 0.712. The Hall–Kier alpha value is -1.06. The maximum Gasteiger partial charge on any atom is 0.226 e. The fourth-order valence-corrected chi connectivity index (χ4v) is 3.42. The maximum atomic E-state index is 12.9. The zero-order valence-electron chi connectivity index (χ0n) is 12.9. The smallest absolute Gasteiger partial charge is 0.226 e. The molecule has 1 saturated carbocycles. The molecule has 1 aromatic carbocycles. The van der Waals surface area contributed by atoms with Gasteiger partial charge in [0.25, 0.3) is 0 Å². The summed E-state index contributed by atoms with van der Waals surface area (Å²) in [6, 6.07) is 7.91. The molecule has 1 aliphatic carbocycles. The molecule has 1 amide bonds. The molecule has 0 aliphatic heterocycles. The van der Waals surface area contributed by atoms with E-state index < -0.39 is 0 Å². The van der Waals surface area contributed by atoms with Crippen molar-refractivity contribution in [2.75, 3.05) is 6.54 Å². The highest BCUT2D eigenvalue weighted by molar-refractivity contribution is 6.30. The van der Waals surface area contributed by atoms with Crippen LogP contribution in [0.5, 0.6) is 0 Å². The van der Waals surface area contributed by atoms with Gasteiger partial charge in [0.05, 0.1) is 0 Å². The highest BCUT2D eigenvalue weighted by Gasteiger charge is 2.35. The van der Waals surface area contributed by atoms with Crippen LogP contribution in [-0.2, 0) is 11.3 Å². The van der Waals surface area contributed by atoms with Gasteiger partial charge in [-0.3, -0.25) is 4.79 Å². The van der Waals surface area contributed by atoms with Gasteiger partial charge < -0.3 is 10.6 Å². The van der Waals surface area contributed by atoms with Crippen molar-refractivity contribution in [3.8, 4) is 0 Å². The summed E-state index contributed by atoms with van der Waals surface area (Å²) in [5.74, 6) is 0.688. The van der Waals surface area contributed by atoms with Gasteiger partial charge in [0.15, 0.2) is 0 Å². The molecule has 0 heterocycles. The first-order valence-electron chi connectivity index (χ1n) is 7.78. The number of carbonyl (C=O) groups excluding carboxylic acids is 1. The largest absolute Gasteiger partial charge is 0.336 e. The molecule has 2 atom stereocenters. The quantitative estimate of drug-likeness (QED) is 0.905. The normalized spacial score (nSPS) is 21.8. The van der Waals surface area contributed by atoms with Gasteiger partial charge in [-0.1, -0.05) is 30.2 Å². The number of nitrogens with two attached hydrogens (primary N) is 1. The van der Waals surface area contributed by atoms with E-state index in [9.17, 15) is 4.79 Å². The van der Waals surface area contributed by atoms with Crippen molar-refractivity contribution in [1.29, 1.82) is 0 Å². The Morgan fingerprint density at radius 1 is 1.43 bits per heavy atom. The molecule has 0 spiro atoms. The second-order valence-corrected chi connectivity index (χ2v) is 6.66. The highest BCUT2D eigenvalue weighted by Crippen LogP contribution is 2.33. The van der Waals surface area contributed by atoms with Gasteiger partial charge >= 0.3 is 0 Å². The van der Waals surface area contributed by atoms with Crippen LogP contribution in [0.4, 0.5) is 0 Å². The van der Waals surface area contributed by atoms with E-state index in [4.69, 9.17) is 17.3 Å². The van der Waals surface area contributed by atoms with Gasteiger partial charge in [-0.05, 0) is 56.8 Å². The van der Waals surface area contributed by atoms with E-state index in [0.717, 1.165) is 24.8 Å². The average Bonchev–Trinajstić information content (AvgIpc) is 2.92. The maximum absolute atomic E-state index is 12.9. The van der Waals surface area contributed by atoms with E-state index in [1.54, 1.807) is 0 Å². The second kappa shape index (κ2) is 7.28. The minimum absolute atomic E-state index is 0.0941. The van der Waals surface area contributed by atoms with Crippen LogP contribution in [0.1, 0.15) is 38.7 Å². The van der Waals surface area contributed by atoms with Crippen molar-refractivity contribution in [3.63, 3.8) is 0 Å². The summed E-state index contributed by atoms with van der Waals surface area (Å²) < 4.78 is 0. The van der Waals surface area contributed by atoms with Crippen molar-refractivity contribution in [1.82, 2.24) is 4.90 Å². The van der Waals surface area contributed by atoms with Crippen LogP contribution in [0, 0.1) is 11.8 Å². The van der Waals surface area contributed by atoms with Crippen molar-refractivity contribution in [2.45, 2.75) is 45.7 Å². The fraction of sp³-hybridized carbons (Fsp3) is 0.588. The third-order valence-electron chi connectivity index (χ3n) is 4.43. The monoisotopic (exact) mass is 308 g/mol. The predicted octanol–water partition coefficient (Wildman–Crippen LogP) is 3.45. The van der Waals surface area contributed by atoms with E-state index in [-0.39, 0.29) is 17.9 Å². The van der Waals surface area contributed by atoms with Gasteiger partial charge in [-0.15, -0.1) is 0 Å². The van der Waals surface area contributed by atoms with Gasteiger partial charge in [0, 0.05) is 23.5 Å². The number of benzene rings is 1. The lowest BCUT2D eigenvalue weighted by Crippen LogP contribution is -2.42. The summed E-state index contributed by atoms with van der Waals surface area (Å²) in [4.78, 5) is 14.8. The number of rotatable bonds is 5. The summed E-state index contributed by atoms with van der Waals surface area (Å²) in [6.07, 6.45) is 3.16. The fourth-order valence-electron chi connectivity index (χ4n) is 3.20. The highest BCUT2D eigenvalue weighted by atomic mass is 35.5. The predicted molar refractivity (Wildman–Crippen MR) is 87.0 cm³/mol. The topological polar surface area (TPSA) is 46.3 Å². The minimum atomic E-state index is 0.0941. The molecule has 0 saturated heterocycles. The molecule has 1 aromatic rings. The SMILES string of the molecule is CC(C)N(Cc1cccc(Cl)c1)C(=O)C1CCCC1CN. The van der Waals surface area contributed by atoms with Gasteiger partial charge in [-0.2, -0.15) is 0 Å². The Morgan fingerprint density at radius 2 is 2.19 bits per heavy atom. The van der Waals surface area contributed by atoms with Crippen LogP contribution in [0.15, 0.2) is 24.3 Å². The van der Waals surface area contributed by atoms with Crippen molar-refractivity contribution in [2.24, 2.45) is 17.6 Å². The Labute approximate surface area is 132 Å². The molecule has 116 valence electrons. The minimum Gasteiger partial charge on any atom is -0.336 e. The van der Waals surface area contributed by atoms with Gasteiger partial charge in [0.1, 0.15) is 0 Å². The summed E-state index contributed by atoms with van der Waals surface area (Å²) in [6.45, 7) is 5.36. The Morgan fingerprint density at radius 3 is 2.81 bits per heavy atom. The summed E-state index contributed by atoms with van der Waals surface area (Å²) in [7, 11) is 0. The van der Waals surface area contributed by atoms with Gasteiger partial charge in [0.2, 0.25) is 5.91 Å². The zero-order valence-corrected chi connectivity index (χ0v) is 13.6. The third-order valence-corrected chi connectivity index (χ3v) is 4.66. The standard InChI is InChI=1S/C17H25ClN2O/c1-12(2)20(11-13-5-3-7-15(18)9-13)17(21)16-8-4-6-14(16)10-19/h3,5,7,9,12,14,16H,4,6,8,10-11,19H2,1-2H3. The average molecular weight is 309 g/mol. The zero-order chi connectivity index (χ0) is 15.4. The summed E-state index contributed by atoms with van der Waals surface area (Å²) in [5.41, 5.74) is 6.90.